The number of anilines is 1. The third kappa shape index (κ3) is 4.61. The van der Waals surface area contributed by atoms with Crippen molar-refractivity contribution in [1.82, 2.24) is 4.90 Å². The number of carbonyl (C=O) groups excluding carboxylic acids is 1. The Morgan fingerprint density at radius 1 is 1.19 bits per heavy atom. The van der Waals surface area contributed by atoms with E-state index < -0.39 is 6.04 Å². The second-order valence-corrected chi connectivity index (χ2v) is 7.00. The van der Waals surface area contributed by atoms with Crippen molar-refractivity contribution < 1.29 is 14.3 Å². The molecule has 2 aromatic rings. The molecule has 27 heavy (non-hydrogen) atoms. The summed E-state index contributed by atoms with van der Waals surface area (Å²) in [7, 11) is 3.32. The van der Waals surface area contributed by atoms with Crippen LogP contribution in [0.3, 0.4) is 0 Å². The predicted octanol–water partition coefficient (Wildman–Crippen LogP) is 3.52. The lowest BCUT2D eigenvalue weighted by molar-refractivity contribution is -0.147. The number of hydrogen-bond acceptors (Lipinski definition) is 5. The quantitative estimate of drug-likeness (QED) is 0.708. The minimum absolute atomic E-state index is 0.325. The average Bonchev–Trinajstić information content (AvgIpc) is 2.70. The highest BCUT2D eigenvalue weighted by Crippen LogP contribution is 2.31. The first kappa shape index (κ1) is 19.7. The zero-order valence-electron chi connectivity index (χ0n) is 15.7. The van der Waals surface area contributed by atoms with E-state index in [1.165, 1.54) is 12.8 Å². The lowest BCUT2D eigenvalue weighted by Gasteiger charge is -2.32. The molecule has 1 aliphatic rings. The van der Waals surface area contributed by atoms with Crippen molar-refractivity contribution in [1.29, 1.82) is 0 Å². The number of morpholine rings is 1. The molecule has 6 heteroatoms. The Labute approximate surface area is 165 Å². The number of hydrogen-bond donors (Lipinski definition) is 0. The monoisotopic (exact) mass is 388 g/mol. The number of carbonyl (C=O) groups is 1. The molecule has 3 rings (SSSR count). The van der Waals surface area contributed by atoms with Crippen molar-refractivity contribution in [2.24, 2.45) is 0 Å². The molecule has 5 nitrogen and oxygen atoms in total. The van der Waals surface area contributed by atoms with Crippen molar-refractivity contribution in [2.45, 2.75) is 12.6 Å². The van der Waals surface area contributed by atoms with Gasteiger partial charge in [-0.1, -0.05) is 48.0 Å². The van der Waals surface area contributed by atoms with Crippen LogP contribution in [-0.2, 0) is 20.8 Å². The van der Waals surface area contributed by atoms with Crippen molar-refractivity contribution in [3.63, 3.8) is 0 Å². The van der Waals surface area contributed by atoms with Crippen LogP contribution in [0.25, 0.3) is 0 Å². The maximum absolute atomic E-state index is 12.5. The molecule has 0 spiro atoms. The topological polar surface area (TPSA) is 42.0 Å². The smallest absolute Gasteiger partial charge is 0.327 e. The van der Waals surface area contributed by atoms with E-state index in [0.717, 1.165) is 37.4 Å². The van der Waals surface area contributed by atoms with Crippen molar-refractivity contribution in [3.05, 3.63) is 64.7 Å². The molecule has 1 atom stereocenters. The van der Waals surface area contributed by atoms with Gasteiger partial charge in [0.2, 0.25) is 0 Å². The summed E-state index contributed by atoms with van der Waals surface area (Å²) in [4.78, 5) is 16.8. The van der Waals surface area contributed by atoms with Gasteiger partial charge in [0.25, 0.3) is 0 Å². The van der Waals surface area contributed by atoms with E-state index in [4.69, 9.17) is 21.1 Å². The molecule has 1 saturated heterocycles. The molecular weight excluding hydrogens is 364 g/mol. The highest BCUT2D eigenvalue weighted by atomic mass is 35.5. The average molecular weight is 389 g/mol. The lowest BCUT2D eigenvalue weighted by Crippen LogP contribution is -2.37. The maximum atomic E-state index is 12.5. The van der Waals surface area contributed by atoms with E-state index in [1.807, 2.05) is 42.3 Å². The number of halogens is 1. The van der Waals surface area contributed by atoms with Crippen LogP contribution in [0.4, 0.5) is 5.69 Å². The molecular formula is C21H25ClN2O3. The normalized spacial score (nSPS) is 15.6. The molecule has 0 amide bonds. The molecule has 144 valence electrons. The van der Waals surface area contributed by atoms with Gasteiger partial charge in [-0.3, -0.25) is 4.90 Å². The maximum Gasteiger partial charge on any atom is 0.327 e. The molecule has 1 aliphatic heterocycles. The minimum Gasteiger partial charge on any atom is -0.468 e. The summed E-state index contributed by atoms with van der Waals surface area (Å²) in [5, 5.41) is 0.557. The van der Waals surface area contributed by atoms with Crippen LogP contribution in [-0.4, -0.2) is 51.3 Å². The summed E-state index contributed by atoms with van der Waals surface area (Å²) in [5.74, 6) is -0.325. The Morgan fingerprint density at radius 3 is 2.56 bits per heavy atom. The molecule has 1 heterocycles. The van der Waals surface area contributed by atoms with E-state index in [2.05, 4.69) is 17.0 Å². The molecule has 0 bridgehead atoms. The van der Waals surface area contributed by atoms with Crippen LogP contribution in [0.15, 0.2) is 48.5 Å². The summed E-state index contributed by atoms with van der Waals surface area (Å²) in [5.41, 5.74) is 3.08. The Hall–Kier alpha value is -2.08. The van der Waals surface area contributed by atoms with Gasteiger partial charge in [-0.2, -0.15) is 0 Å². The standard InChI is InChI=1S/C21H25ClN2O3/c1-23(20(21(25)26-2)17-8-4-5-9-18(17)22)15-16-7-3-6-10-19(16)24-11-13-27-14-12-24/h3-10,20H,11-15H2,1-2H3/t20-/m0/s1. The minimum atomic E-state index is -0.568. The Kier molecular flexibility index (Phi) is 6.72. The first-order chi connectivity index (χ1) is 13.1. The van der Waals surface area contributed by atoms with Gasteiger partial charge in [-0.05, 0) is 30.3 Å². The van der Waals surface area contributed by atoms with Crippen LogP contribution < -0.4 is 4.90 Å². The summed E-state index contributed by atoms with van der Waals surface area (Å²) in [6, 6.07) is 15.1. The molecule has 0 N–H and O–H groups in total. The molecule has 0 aromatic heterocycles. The van der Waals surface area contributed by atoms with Crippen LogP contribution in [0, 0.1) is 0 Å². The lowest BCUT2D eigenvalue weighted by atomic mass is 10.0. The Balaban J connectivity index is 1.87. The number of benzene rings is 2. The van der Waals surface area contributed by atoms with Gasteiger partial charge in [0.1, 0.15) is 6.04 Å². The first-order valence-electron chi connectivity index (χ1n) is 9.05. The second-order valence-electron chi connectivity index (χ2n) is 6.59. The molecule has 1 fully saturated rings. The number of para-hydroxylation sites is 1. The Morgan fingerprint density at radius 2 is 1.85 bits per heavy atom. The number of esters is 1. The third-order valence-corrected chi connectivity index (χ3v) is 5.17. The fraction of sp³-hybridized carbons (Fsp3) is 0.381. The number of rotatable bonds is 6. The largest absolute Gasteiger partial charge is 0.468 e. The van der Waals surface area contributed by atoms with Gasteiger partial charge >= 0.3 is 5.97 Å². The van der Waals surface area contributed by atoms with E-state index in [0.29, 0.717) is 11.6 Å². The molecule has 0 unspecified atom stereocenters. The number of ether oxygens (including phenoxy) is 2. The van der Waals surface area contributed by atoms with E-state index >= 15 is 0 Å². The summed E-state index contributed by atoms with van der Waals surface area (Å²) in [6.07, 6.45) is 0. The van der Waals surface area contributed by atoms with Gasteiger partial charge in [-0.25, -0.2) is 4.79 Å². The van der Waals surface area contributed by atoms with Crippen molar-refractivity contribution >= 4 is 23.3 Å². The van der Waals surface area contributed by atoms with E-state index in [-0.39, 0.29) is 5.97 Å². The fourth-order valence-corrected chi connectivity index (χ4v) is 3.71. The molecule has 2 aromatic carbocycles. The van der Waals surface area contributed by atoms with Gasteiger partial charge in [0.15, 0.2) is 0 Å². The SMILES string of the molecule is COC(=O)[C@H](c1ccccc1Cl)N(C)Cc1ccccc1N1CCOCC1. The highest BCUT2D eigenvalue weighted by molar-refractivity contribution is 6.31. The van der Waals surface area contributed by atoms with Gasteiger partial charge in [-0.15, -0.1) is 0 Å². The number of likely N-dealkylation sites (N-methyl/N-ethyl adjacent to an activating group) is 1. The van der Waals surface area contributed by atoms with Crippen molar-refractivity contribution in [3.8, 4) is 0 Å². The van der Waals surface area contributed by atoms with Crippen LogP contribution in [0.5, 0.6) is 0 Å². The highest BCUT2D eigenvalue weighted by Gasteiger charge is 2.28. The Bertz CT molecular complexity index is 778. The van der Waals surface area contributed by atoms with Crippen LogP contribution >= 0.6 is 11.6 Å². The number of methoxy groups -OCH3 is 1. The van der Waals surface area contributed by atoms with Crippen molar-refractivity contribution in [2.75, 3.05) is 45.4 Å². The predicted molar refractivity (Wildman–Crippen MR) is 107 cm³/mol. The van der Waals surface area contributed by atoms with Gasteiger partial charge < -0.3 is 14.4 Å². The van der Waals surface area contributed by atoms with Crippen LogP contribution in [0.1, 0.15) is 17.2 Å². The van der Waals surface area contributed by atoms with E-state index in [1.54, 1.807) is 6.07 Å². The molecule has 0 aliphatic carbocycles. The molecule has 0 radical (unpaired) electrons. The number of nitrogens with zero attached hydrogens (tertiary/aromatic N) is 2. The molecule has 0 saturated carbocycles. The summed E-state index contributed by atoms with van der Waals surface area (Å²) < 4.78 is 10.5. The fourth-order valence-electron chi connectivity index (χ4n) is 3.47. The summed E-state index contributed by atoms with van der Waals surface area (Å²) >= 11 is 6.36. The van der Waals surface area contributed by atoms with Gasteiger partial charge in [0.05, 0.1) is 20.3 Å². The zero-order valence-corrected chi connectivity index (χ0v) is 16.5. The van der Waals surface area contributed by atoms with Gasteiger partial charge in [0, 0.05) is 30.3 Å². The zero-order chi connectivity index (χ0) is 19.2. The van der Waals surface area contributed by atoms with E-state index in [9.17, 15) is 4.79 Å². The summed E-state index contributed by atoms with van der Waals surface area (Å²) in [6.45, 7) is 3.79. The third-order valence-electron chi connectivity index (χ3n) is 4.83. The van der Waals surface area contributed by atoms with Crippen LogP contribution in [0.2, 0.25) is 5.02 Å². The second kappa shape index (κ2) is 9.22. The first-order valence-corrected chi connectivity index (χ1v) is 9.42.